The highest BCUT2D eigenvalue weighted by molar-refractivity contribution is 6.30. The van der Waals surface area contributed by atoms with Crippen LogP contribution < -0.4 is 5.32 Å². The van der Waals surface area contributed by atoms with E-state index in [1.807, 2.05) is 6.07 Å². The minimum atomic E-state index is 0.324. The summed E-state index contributed by atoms with van der Waals surface area (Å²) in [6.07, 6.45) is 5.79. The summed E-state index contributed by atoms with van der Waals surface area (Å²) in [6, 6.07) is 21.9. The second kappa shape index (κ2) is 5.39. The number of hydrogen-bond donors (Lipinski definition) is 1. The molecule has 0 amide bonds. The van der Waals surface area contributed by atoms with Gasteiger partial charge in [0.1, 0.15) is 0 Å². The molecule has 0 aromatic heterocycles. The van der Waals surface area contributed by atoms with Crippen LogP contribution in [0.5, 0.6) is 0 Å². The fraction of sp³-hybridized carbons (Fsp3) is 0.182. The van der Waals surface area contributed by atoms with Crippen LogP contribution in [0, 0.1) is 5.92 Å². The Bertz CT molecular complexity index is 954. The van der Waals surface area contributed by atoms with Crippen molar-refractivity contribution in [2.24, 2.45) is 5.92 Å². The Morgan fingerprint density at radius 3 is 2.75 bits per heavy atom. The molecular weight excluding hydrogens is 314 g/mol. The minimum Gasteiger partial charge on any atom is -0.378 e. The third kappa shape index (κ3) is 2.08. The molecule has 0 spiro atoms. The van der Waals surface area contributed by atoms with Gasteiger partial charge in [0.2, 0.25) is 0 Å². The van der Waals surface area contributed by atoms with E-state index in [1.54, 1.807) is 0 Å². The molecule has 24 heavy (non-hydrogen) atoms. The summed E-state index contributed by atoms with van der Waals surface area (Å²) in [5, 5.41) is 7.28. The predicted molar refractivity (Wildman–Crippen MR) is 102 cm³/mol. The van der Waals surface area contributed by atoms with E-state index in [-0.39, 0.29) is 0 Å². The van der Waals surface area contributed by atoms with Crippen LogP contribution in [0.2, 0.25) is 5.02 Å². The van der Waals surface area contributed by atoms with E-state index in [1.165, 1.54) is 27.6 Å². The molecule has 5 rings (SSSR count). The Labute approximate surface area is 147 Å². The van der Waals surface area contributed by atoms with Crippen LogP contribution in [0.15, 0.2) is 72.8 Å². The normalized spacial score (nSPS) is 24.5. The van der Waals surface area contributed by atoms with Gasteiger partial charge in [-0.05, 0) is 52.4 Å². The van der Waals surface area contributed by atoms with E-state index >= 15 is 0 Å². The molecule has 1 heterocycles. The maximum Gasteiger partial charge on any atom is 0.0560 e. The molecule has 3 aromatic rings. The summed E-state index contributed by atoms with van der Waals surface area (Å²) < 4.78 is 0. The second-order valence-electron chi connectivity index (χ2n) is 6.78. The van der Waals surface area contributed by atoms with E-state index in [2.05, 4.69) is 72.1 Å². The predicted octanol–water partition coefficient (Wildman–Crippen LogP) is 6.32. The van der Waals surface area contributed by atoms with Gasteiger partial charge in [0, 0.05) is 16.6 Å². The number of anilines is 1. The number of allylic oxidation sites excluding steroid dienone is 2. The smallest absolute Gasteiger partial charge is 0.0560 e. The van der Waals surface area contributed by atoms with Crippen molar-refractivity contribution in [1.82, 2.24) is 0 Å². The lowest BCUT2D eigenvalue weighted by molar-refractivity contribution is 0.427. The van der Waals surface area contributed by atoms with Crippen LogP contribution in [0.4, 0.5) is 5.69 Å². The van der Waals surface area contributed by atoms with Gasteiger partial charge in [0.05, 0.1) is 6.04 Å². The number of rotatable bonds is 1. The Morgan fingerprint density at radius 1 is 0.917 bits per heavy atom. The Morgan fingerprint density at radius 2 is 1.79 bits per heavy atom. The van der Waals surface area contributed by atoms with E-state index in [0.717, 1.165) is 11.4 Å². The lowest BCUT2D eigenvalue weighted by atomic mass is 9.76. The van der Waals surface area contributed by atoms with Crippen LogP contribution in [-0.4, -0.2) is 0 Å². The van der Waals surface area contributed by atoms with E-state index in [9.17, 15) is 0 Å². The third-order valence-corrected chi connectivity index (χ3v) is 5.72. The zero-order chi connectivity index (χ0) is 16.1. The molecule has 3 aromatic carbocycles. The molecule has 3 atom stereocenters. The fourth-order valence-corrected chi connectivity index (χ4v) is 4.58. The van der Waals surface area contributed by atoms with Gasteiger partial charge in [-0.1, -0.05) is 66.2 Å². The average Bonchev–Trinajstić information content (AvgIpc) is 3.11. The molecule has 2 aliphatic rings. The van der Waals surface area contributed by atoms with Gasteiger partial charge in [-0.25, -0.2) is 0 Å². The van der Waals surface area contributed by atoms with Crippen LogP contribution in [0.1, 0.15) is 29.5 Å². The van der Waals surface area contributed by atoms with Crippen molar-refractivity contribution in [3.8, 4) is 0 Å². The topological polar surface area (TPSA) is 12.0 Å². The van der Waals surface area contributed by atoms with Gasteiger partial charge >= 0.3 is 0 Å². The quantitative estimate of drug-likeness (QED) is 0.514. The third-order valence-electron chi connectivity index (χ3n) is 5.48. The molecule has 0 unspecified atom stereocenters. The van der Waals surface area contributed by atoms with Crippen molar-refractivity contribution in [1.29, 1.82) is 0 Å². The van der Waals surface area contributed by atoms with Gasteiger partial charge in [-0.15, -0.1) is 0 Å². The first-order chi connectivity index (χ1) is 11.8. The summed E-state index contributed by atoms with van der Waals surface area (Å²) in [5.74, 6) is 0.991. The molecule has 1 aliphatic heterocycles. The van der Waals surface area contributed by atoms with Crippen molar-refractivity contribution in [3.05, 3.63) is 89.0 Å². The number of nitrogens with one attached hydrogen (secondary N) is 1. The maximum absolute atomic E-state index is 6.25. The number of fused-ring (bicyclic) bond motifs is 4. The molecule has 0 radical (unpaired) electrons. The van der Waals surface area contributed by atoms with Crippen molar-refractivity contribution in [3.63, 3.8) is 0 Å². The zero-order valence-corrected chi connectivity index (χ0v) is 14.0. The second-order valence-corrected chi connectivity index (χ2v) is 7.21. The van der Waals surface area contributed by atoms with Gasteiger partial charge in [-0.2, -0.15) is 0 Å². The molecule has 0 saturated carbocycles. The van der Waals surface area contributed by atoms with Gasteiger partial charge in [0.15, 0.2) is 0 Å². The zero-order valence-electron chi connectivity index (χ0n) is 13.2. The van der Waals surface area contributed by atoms with Crippen molar-refractivity contribution >= 4 is 28.1 Å². The molecular formula is C22H18ClN. The Balaban J connectivity index is 1.68. The maximum atomic E-state index is 6.25. The minimum absolute atomic E-state index is 0.324. The van der Waals surface area contributed by atoms with Crippen molar-refractivity contribution < 1.29 is 0 Å². The molecule has 2 heteroatoms. The summed E-state index contributed by atoms with van der Waals surface area (Å²) >= 11 is 6.25. The summed E-state index contributed by atoms with van der Waals surface area (Å²) in [4.78, 5) is 0. The standard InChI is InChI=1S/C22H18ClN/c23-15-11-12-21-20(13-15)17-8-4-10-19(17)22(24-21)18-9-3-6-14-5-1-2-7-16(14)18/h1-9,11-13,17,19,22,24H,10H2/t17-,19+,22-/m0/s1. The van der Waals surface area contributed by atoms with Gasteiger partial charge < -0.3 is 5.32 Å². The molecule has 118 valence electrons. The monoisotopic (exact) mass is 331 g/mol. The highest BCUT2D eigenvalue weighted by Crippen LogP contribution is 2.51. The number of hydrogen-bond acceptors (Lipinski definition) is 1. The SMILES string of the molecule is Clc1ccc2c(c1)[C@H]1C=CC[C@H]1[C@H](c1cccc3ccccc13)N2. The lowest BCUT2D eigenvalue weighted by Gasteiger charge is -2.38. The van der Waals surface area contributed by atoms with Crippen LogP contribution in [0.3, 0.4) is 0 Å². The van der Waals surface area contributed by atoms with E-state index in [0.29, 0.717) is 17.9 Å². The van der Waals surface area contributed by atoms with E-state index in [4.69, 9.17) is 11.6 Å². The first-order valence-corrected chi connectivity index (χ1v) is 8.89. The summed E-state index contributed by atoms with van der Waals surface area (Å²) in [5.41, 5.74) is 3.94. The van der Waals surface area contributed by atoms with Gasteiger partial charge in [-0.3, -0.25) is 0 Å². The Kier molecular flexibility index (Phi) is 3.17. The molecule has 1 aliphatic carbocycles. The van der Waals surface area contributed by atoms with Crippen LogP contribution >= 0.6 is 11.6 Å². The molecule has 1 N–H and O–H groups in total. The fourth-order valence-electron chi connectivity index (χ4n) is 4.39. The summed E-state index contributed by atoms with van der Waals surface area (Å²) in [6.45, 7) is 0. The highest BCUT2D eigenvalue weighted by atomic mass is 35.5. The molecule has 1 nitrogen and oxygen atoms in total. The van der Waals surface area contributed by atoms with Crippen molar-refractivity contribution in [2.45, 2.75) is 18.4 Å². The largest absolute Gasteiger partial charge is 0.378 e. The lowest BCUT2D eigenvalue weighted by Crippen LogP contribution is -2.29. The first kappa shape index (κ1) is 14.1. The Hall–Kier alpha value is -2.25. The average molecular weight is 332 g/mol. The molecule has 0 bridgehead atoms. The number of halogens is 1. The number of benzene rings is 3. The van der Waals surface area contributed by atoms with Crippen molar-refractivity contribution in [2.75, 3.05) is 5.32 Å². The molecule has 0 saturated heterocycles. The van der Waals surface area contributed by atoms with E-state index < -0.39 is 0 Å². The summed E-state index contributed by atoms with van der Waals surface area (Å²) in [7, 11) is 0. The van der Waals surface area contributed by atoms with Crippen LogP contribution in [0.25, 0.3) is 10.8 Å². The van der Waals surface area contributed by atoms with Crippen LogP contribution in [-0.2, 0) is 0 Å². The first-order valence-electron chi connectivity index (χ1n) is 8.51. The highest BCUT2D eigenvalue weighted by Gasteiger charge is 2.38. The van der Waals surface area contributed by atoms with Gasteiger partial charge in [0.25, 0.3) is 0 Å². The molecule has 0 fully saturated rings.